The second-order valence-corrected chi connectivity index (χ2v) is 4.41. The summed E-state index contributed by atoms with van der Waals surface area (Å²) in [5.41, 5.74) is 2.74. The van der Waals surface area contributed by atoms with Crippen molar-refractivity contribution in [1.82, 2.24) is 9.97 Å². The van der Waals surface area contributed by atoms with Crippen molar-refractivity contribution in [2.75, 3.05) is 0 Å². The fourth-order valence-electron chi connectivity index (χ4n) is 2.01. The predicted octanol–water partition coefficient (Wildman–Crippen LogP) is 3.17. The van der Waals surface area contributed by atoms with Crippen LogP contribution in [-0.4, -0.2) is 15.8 Å². The van der Waals surface area contributed by atoms with Gasteiger partial charge in [-0.3, -0.25) is 9.78 Å². The van der Waals surface area contributed by atoms with E-state index >= 15 is 0 Å². The number of fused-ring (bicyclic) bond motifs is 1. The maximum absolute atomic E-state index is 12.3. The fourth-order valence-corrected chi connectivity index (χ4v) is 2.01. The summed E-state index contributed by atoms with van der Waals surface area (Å²) in [6.45, 7) is 1.87. The van der Waals surface area contributed by atoms with Gasteiger partial charge in [-0.25, -0.2) is 4.98 Å². The normalized spacial score (nSPS) is 10.6. The van der Waals surface area contributed by atoms with Gasteiger partial charge in [0.15, 0.2) is 0 Å². The number of ketones is 1. The molecule has 3 nitrogen and oxygen atoms in total. The van der Waals surface area contributed by atoms with Gasteiger partial charge >= 0.3 is 0 Å². The predicted molar refractivity (Wildman–Crippen MR) is 74.1 cm³/mol. The van der Waals surface area contributed by atoms with Crippen molar-refractivity contribution in [1.29, 1.82) is 0 Å². The van der Waals surface area contributed by atoms with E-state index in [2.05, 4.69) is 9.97 Å². The molecular weight excluding hydrogens is 236 g/mol. The molecule has 0 atom stereocenters. The molecule has 0 unspecified atom stereocenters. The Bertz CT molecular complexity index is 765. The Labute approximate surface area is 111 Å². The highest BCUT2D eigenvalue weighted by Gasteiger charge is 2.11. The molecule has 19 heavy (non-hydrogen) atoms. The highest BCUT2D eigenvalue weighted by atomic mass is 16.1. The topological polar surface area (TPSA) is 42.9 Å². The van der Waals surface area contributed by atoms with Gasteiger partial charge < -0.3 is 0 Å². The smallest absolute Gasteiger partial charge is 0.212 e. The van der Waals surface area contributed by atoms with Crippen molar-refractivity contribution in [2.45, 2.75) is 6.92 Å². The molecule has 2 aromatic heterocycles. The standard InChI is InChI=1S/C16H12N2O/c1-11-5-4-8-15(18-11)16(19)13-9-12-6-2-3-7-14(12)17-10-13/h2-10H,1H3. The monoisotopic (exact) mass is 248 g/mol. The Morgan fingerprint density at radius 2 is 1.89 bits per heavy atom. The summed E-state index contributed by atoms with van der Waals surface area (Å²) < 4.78 is 0. The number of aryl methyl sites for hydroxylation is 1. The van der Waals surface area contributed by atoms with E-state index in [1.807, 2.05) is 49.4 Å². The largest absolute Gasteiger partial charge is 0.287 e. The van der Waals surface area contributed by atoms with E-state index < -0.39 is 0 Å². The molecule has 1 aromatic carbocycles. The van der Waals surface area contributed by atoms with Gasteiger partial charge in [-0.2, -0.15) is 0 Å². The van der Waals surface area contributed by atoms with Crippen LogP contribution in [0.1, 0.15) is 21.7 Å². The van der Waals surface area contributed by atoms with Crippen LogP contribution in [-0.2, 0) is 0 Å². The molecule has 0 amide bonds. The minimum absolute atomic E-state index is 0.0954. The molecule has 0 bridgehead atoms. The third-order valence-corrected chi connectivity index (χ3v) is 2.97. The minimum Gasteiger partial charge on any atom is -0.287 e. The number of benzene rings is 1. The Hall–Kier alpha value is -2.55. The molecule has 0 aliphatic carbocycles. The molecule has 3 heteroatoms. The van der Waals surface area contributed by atoms with Gasteiger partial charge in [-0.1, -0.05) is 24.3 Å². The number of pyridine rings is 2. The first-order chi connectivity index (χ1) is 9.24. The Balaban J connectivity index is 2.06. The fraction of sp³-hybridized carbons (Fsp3) is 0.0625. The summed E-state index contributed by atoms with van der Waals surface area (Å²) in [5.74, 6) is -0.0954. The average molecular weight is 248 g/mol. The molecular formula is C16H12N2O. The van der Waals surface area contributed by atoms with Crippen LogP contribution in [0.2, 0.25) is 0 Å². The zero-order chi connectivity index (χ0) is 13.2. The lowest BCUT2D eigenvalue weighted by Gasteiger charge is -2.03. The summed E-state index contributed by atoms with van der Waals surface area (Å²) in [5, 5.41) is 0.959. The van der Waals surface area contributed by atoms with E-state index in [1.165, 1.54) is 0 Å². The molecule has 0 spiro atoms. The van der Waals surface area contributed by atoms with Crippen LogP contribution in [0.4, 0.5) is 0 Å². The summed E-state index contributed by atoms with van der Waals surface area (Å²) in [6.07, 6.45) is 1.61. The summed E-state index contributed by atoms with van der Waals surface area (Å²) in [4.78, 5) is 20.9. The SMILES string of the molecule is Cc1cccc(C(=O)c2cnc3ccccc3c2)n1. The van der Waals surface area contributed by atoms with E-state index in [4.69, 9.17) is 0 Å². The van der Waals surface area contributed by atoms with Gasteiger partial charge in [-0.15, -0.1) is 0 Å². The highest BCUT2D eigenvalue weighted by Crippen LogP contribution is 2.15. The van der Waals surface area contributed by atoms with E-state index in [1.54, 1.807) is 12.3 Å². The van der Waals surface area contributed by atoms with Crippen LogP contribution >= 0.6 is 0 Å². The zero-order valence-corrected chi connectivity index (χ0v) is 10.5. The Kier molecular flexibility index (Phi) is 2.80. The molecule has 0 N–H and O–H groups in total. The highest BCUT2D eigenvalue weighted by molar-refractivity contribution is 6.08. The van der Waals surface area contributed by atoms with Crippen molar-refractivity contribution in [3.8, 4) is 0 Å². The van der Waals surface area contributed by atoms with Crippen molar-refractivity contribution in [2.24, 2.45) is 0 Å². The van der Waals surface area contributed by atoms with Gasteiger partial charge in [0.1, 0.15) is 5.69 Å². The molecule has 2 heterocycles. The quantitative estimate of drug-likeness (QED) is 0.654. The lowest BCUT2D eigenvalue weighted by atomic mass is 10.1. The summed E-state index contributed by atoms with van der Waals surface area (Å²) in [7, 11) is 0. The third kappa shape index (κ3) is 2.22. The number of hydrogen-bond acceptors (Lipinski definition) is 3. The first-order valence-electron chi connectivity index (χ1n) is 6.07. The first-order valence-corrected chi connectivity index (χ1v) is 6.07. The molecule has 0 saturated heterocycles. The van der Waals surface area contributed by atoms with E-state index in [-0.39, 0.29) is 5.78 Å². The van der Waals surface area contributed by atoms with Gasteiger partial charge in [0, 0.05) is 22.8 Å². The molecule has 0 aliphatic rings. The maximum Gasteiger partial charge on any atom is 0.212 e. The third-order valence-electron chi connectivity index (χ3n) is 2.97. The molecule has 0 fully saturated rings. The van der Waals surface area contributed by atoms with Crippen LogP contribution in [0.15, 0.2) is 54.7 Å². The van der Waals surface area contributed by atoms with Gasteiger partial charge in [0.25, 0.3) is 0 Å². The van der Waals surface area contributed by atoms with Crippen molar-refractivity contribution in [3.63, 3.8) is 0 Å². The van der Waals surface area contributed by atoms with Crippen LogP contribution in [0.25, 0.3) is 10.9 Å². The molecule has 0 aliphatic heterocycles. The van der Waals surface area contributed by atoms with E-state index in [9.17, 15) is 4.79 Å². The van der Waals surface area contributed by atoms with Crippen LogP contribution in [0.3, 0.4) is 0 Å². The summed E-state index contributed by atoms with van der Waals surface area (Å²) >= 11 is 0. The van der Waals surface area contributed by atoms with Gasteiger partial charge in [0.2, 0.25) is 5.78 Å². The van der Waals surface area contributed by atoms with Gasteiger partial charge in [-0.05, 0) is 31.2 Å². The van der Waals surface area contributed by atoms with Crippen LogP contribution in [0, 0.1) is 6.92 Å². The van der Waals surface area contributed by atoms with Crippen LogP contribution in [0.5, 0.6) is 0 Å². The molecule has 3 rings (SSSR count). The lowest BCUT2D eigenvalue weighted by Crippen LogP contribution is -2.05. The number of nitrogens with zero attached hydrogens (tertiary/aromatic N) is 2. The minimum atomic E-state index is -0.0954. The number of hydrogen-bond donors (Lipinski definition) is 0. The number of carbonyl (C=O) groups excluding carboxylic acids is 1. The van der Waals surface area contributed by atoms with Crippen LogP contribution < -0.4 is 0 Å². The molecule has 0 saturated carbocycles. The van der Waals surface area contributed by atoms with E-state index in [0.29, 0.717) is 11.3 Å². The maximum atomic E-state index is 12.3. The van der Waals surface area contributed by atoms with Crippen molar-refractivity contribution < 1.29 is 4.79 Å². The van der Waals surface area contributed by atoms with Gasteiger partial charge in [0.05, 0.1) is 5.52 Å². The number of rotatable bonds is 2. The first kappa shape index (κ1) is 11.5. The van der Waals surface area contributed by atoms with Crippen molar-refractivity contribution in [3.05, 3.63) is 71.7 Å². The molecule has 3 aromatic rings. The molecule has 92 valence electrons. The number of aromatic nitrogens is 2. The second kappa shape index (κ2) is 4.61. The molecule has 0 radical (unpaired) electrons. The Morgan fingerprint density at radius 3 is 2.74 bits per heavy atom. The Morgan fingerprint density at radius 1 is 1.05 bits per heavy atom. The summed E-state index contributed by atoms with van der Waals surface area (Å²) in [6, 6.07) is 15.0. The van der Waals surface area contributed by atoms with E-state index in [0.717, 1.165) is 16.6 Å². The zero-order valence-electron chi connectivity index (χ0n) is 10.5. The number of carbonyl (C=O) groups is 1. The number of para-hydroxylation sites is 1. The lowest BCUT2D eigenvalue weighted by molar-refractivity contribution is 0.103. The van der Waals surface area contributed by atoms with Crippen molar-refractivity contribution >= 4 is 16.7 Å². The second-order valence-electron chi connectivity index (χ2n) is 4.41. The average Bonchev–Trinajstić information content (AvgIpc) is 2.46.